The molecule has 0 radical (unpaired) electrons. The summed E-state index contributed by atoms with van der Waals surface area (Å²) in [7, 11) is 0. The summed E-state index contributed by atoms with van der Waals surface area (Å²) in [5, 5.41) is 3.60. The highest BCUT2D eigenvalue weighted by Crippen LogP contribution is 2.35. The second kappa shape index (κ2) is 5.55. The van der Waals surface area contributed by atoms with E-state index in [1.54, 1.807) is 0 Å². The lowest BCUT2D eigenvalue weighted by molar-refractivity contribution is 0.459. The Morgan fingerprint density at radius 1 is 1.19 bits per heavy atom. The number of para-hydroxylation sites is 1. The Hall–Kier alpha value is -1.77. The van der Waals surface area contributed by atoms with Gasteiger partial charge in [0.25, 0.3) is 0 Å². The van der Waals surface area contributed by atoms with Crippen LogP contribution in [0.3, 0.4) is 0 Å². The van der Waals surface area contributed by atoms with Gasteiger partial charge in [-0.15, -0.1) is 0 Å². The van der Waals surface area contributed by atoms with E-state index in [0.717, 1.165) is 19.0 Å². The number of hydrogen-bond donors (Lipinski definition) is 1. The van der Waals surface area contributed by atoms with E-state index in [9.17, 15) is 0 Å². The van der Waals surface area contributed by atoms with E-state index >= 15 is 0 Å². The predicted octanol–water partition coefficient (Wildman–Crippen LogP) is 4.10. The second-order valence-electron chi connectivity index (χ2n) is 6.45. The van der Waals surface area contributed by atoms with Gasteiger partial charge in [-0.05, 0) is 37.2 Å². The molecule has 0 bridgehead atoms. The number of benzene rings is 1. The molecule has 1 aliphatic heterocycles. The van der Waals surface area contributed by atoms with Gasteiger partial charge in [0.1, 0.15) is 0 Å². The zero-order valence-corrected chi connectivity index (χ0v) is 12.5. The van der Waals surface area contributed by atoms with Crippen molar-refractivity contribution in [2.24, 2.45) is 5.92 Å². The number of nitrogens with zero attached hydrogens (tertiary/aromatic N) is 2. The highest BCUT2D eigenvalue weighted by atomic mass is 15.1. The van der Waals surface area contributed by atoms with Crippen LogP contribution in [-0.2, 0) is 13.0 Å². The summed E-state index contributed by atoms with van der Waals surface area (Å²) in [6.07, 6.45) is 12.0. The number of imidazole rings is 1. The molecule has 0 amide bonds. The first kappa shape index (κ1) is 12.9. The number of nitrogens with one attached hydrogen (secondary N) is 1. The van der Waals surface area contributed by atoms with Crippen molar-refractivity contribution >= 4 is 5.69 Å². The summed E-state index contributed by atoms with van der Waals surface area (Å²) in [4.78, 5) is 4.42. The van der Waals surface area contributed by atoms with Crippen LogP contribution in [0.2, 0.25) is 0 Å². The van der Waals surface area contributed by atoms with E-state index in [-0.39, 0.29) is 0 Å². The first-order chi connectivity index (χ1) is 10.4. The summed E-state index contributed by atoms with van der Waals surface area (Å²) in [6.45, 7) is 2.21. The molecule has 1 aliphatic carbocycles. The standard InChI is InChI=1S/C18H23N3/c1-2-6-14(5-1)12-21-13-19-11-17(21)16-9-3-7-15-8-4-10-20-18(15)16/h3,7,9,11,13-14,20H,1-2,4-6,8,10,12H2. The molecule has 1 aromatic heterocycles. The zero-order chi connectivity index (χ0) is 14.1. The van der Waals surface area contributed by atoms with Crippen LogP contribution in [0, 0.1) is 5.92 Å². The number of hydrogen-bond acceptors (Lipinski definition) is 2. The van der Waals surface area contributed by atoms with Crippen LogP contribution in [0.1, 0.15) is 37.7 Å². The molecule has 0 unspecified atom stereocenters. The minimum Gasteiger partial charge on any atom is -0.384 e. The van der Waals surface area contributed by atoms with E-state index in [4.69, 9.17) is 0 Å². The van der Waals surface area contributed by atoms with Crippen LogP contribution in [-0.4, -0.2) is 16.1 Å². The van der Waals surface area contributed by atoms with Gasteiger partial charge in [-0.2, -0.15) is 0 Å². The van der Waals surface area contributed by atoms with Gasteiger partial charge in [-0.25, -0.2) is 4.98 Å². The normalized spacial score (nSPS) is 18.5. The third-order valence-electron chi connectivity index (χ3n) is 4.99. The molecule has 4 rings (SSSR count). The topological polar surface area (TPSA) is 29.9 Å². The van der Waals surface area contributed by atoms with E-state index < -0.39 is 0 Å². The molecular formula is C18H23N3. The Morgan fingerprint density at radius 2 is 2.10 bits per heavy atom. The Bertz CT molecular complexity index is 623. The highest BCUT2D eigenvalue weighted by molar-refractivity contribution is 5.78. The average Bonchev–Trinajstić information content (AvgIpc) is 3.19. The summed E-state index contributed by atoms with van der Waals surface area (Å²) in [6, 6.07) is 6.68. The number of aromatic nitrogens is 2. The van der Waals surface area contributed by atoms with Gasteiger partial charge >= 0.3 is 0 Å². The molecule has 2 aromatic rings. The van der Waals surface area contributed by atoms with Crippen molar-refractivity contribution in [1.29, 1.82) is 0 Å². The van der Waals surface area contributed by atoms with Gasteiger partial charge in [-0.1, -0.05) is 31.0 Å². The molecule has 3 nitrogen and oxygen atoms in total. The van der Waals surface area contributed by atoms with Crippen LogP contribution in [0.4, 0.5) is 5.69 Å². The fourth-order valence-corrected chi connectivity index (χ4v) is 3.88. The Kier molecular flexibility index (Phi) is 3.42. The molecule has 0 spiro atoms. The van der Waals surface area contributed by atoms with Crippen LogP contribution < -0.4 is 5.32 Å². The van der Waals surface area contributed by atoms with Crippen molar-refractivity contribution in [1.82, 2.24) is 9.55 Å². The third kappa shape index (κ3) is 2.45. The highest BCUT2D eigenvalue weighted by Gasteiger charge is 2.19. The molecule has 1 aromatic carbocycles. The number of anilines is 1. The van der Waals surface area contributed by atoms with Crippen molar-refractivity contribution in [3.8, 4) is 11.3 Å². The van der Waals surface area contributed by atoms with Gasteiger partial charge in [0.2, 0.25) is 0 Å². The monoisotopic (exact) mass is 281 g/mol. The molecule has 0 saturated heterocycles. The maximum atomic E-state index is 4.42. The SMILES string of the molecule is c1cc2c(c(-c3cncn3CC3CCCC3)c1)NCCC2. The minimum atomic E-state index is 0.838. The molecule has 1 N–H and O–H groups in total. The molecule has 0 atom stereocenters. The first-order valence-corrected chi connectivity index (χ1v) is 8.28. The molecule has 21 heavy (non-hydrogen) atoms. The number of aryl methyl sites for hydroxylation is 1. The molecular weight excluding hydrogens is 258 g/mol. The van der Waals surface area contributed by atoms with Crippen molar-refractivity contribution in [3.63, 3.8) is 0 Å². The third-order valence-corrected chi connectivity index (χ3v) is 4.99. The minimum absolute atomic E-state index is 0.838. The fraction of sp³-hybridized carbons (Fsp3) is 0.500. The molecule has 1 saturated carbocycles. The van der Waals surface area contributed by atoms with Crippen LogP contribution >= 0.6 is 0 Å². The quantitative estimate of drug-likeness (QED) is 0.918. The molecule has 2 heterocycles. The van der Waals surface area contributed by atoms with Crippen molar-refractivity contribution in [3.05, 3.63) is 36.3 Å². The lowest BCUT2D eigenvalue weighted by atomic mass is 9.98. The predicted molar refractivity (Wildman–Crippen MR) is 86.4 cm³/mol. The summed E-state index contributed by atoms with van der Waals surface area (Å²) in [5.41, 5.74) is 5.38. The Labute approximate surface area is 126 Å². The fourth-order valence-electron chi connectivity index (χ4n) is 3.88. The van der Waals surface area contributed by atoms with Gasteiger partial charge in [0.05, 0.1) is 18.2 Å². The smallest absolute Gasteiger partial charge is 0.0951 e. The molecule has 1 fully saturated rings. The van der Waals surface area contributed by atoms with E-state index in [0.29, 0.717) is 0 Å². The lowest BCUT2D eigenvalue weighted by Gasteiger charge is -2.22. The van der Waals surface area contributed by atoms with Gasteiger partial charge in [0.15, 0.2) is 0 Å². The number of fused-ring (bicyclic) bond motifs is 1. The maximum Gasteiger partial charge on any atom is 0.0951 e. The van der Waals surface area contributed by atoms with Crippen LogP contribution in [0.15, 0.2) is 30.7 Å². The van der Waals surface area contributed by atoms with Gasteiger partial charge in [0, 0.05) is 24.3 Å². The lowest BCUT2D eigenvalue weighted by Crippen LogP contribution is -2.14. The summed E-state index contributed by atoms with van der Waals surface area (Å²) < 4.78 is 2.36. The van der Waals surface area contributed by atoms with Crippen molar-refractivity contribution < 1.29 is 0 Å². The molecule has 3 heteroatoms. The Morgan fingerprint density at radius 3 is 3.00 bits per heavy atom. The van der Waals surface area contributed by atoms with Gasteiger partial charge < -0.3 is 9.88 Å². The van der Waals surface area contributed by atoms with E-state index in [1.165, 1.54) is 61.0 Å². The maximum absolute atomic E-state index is 4.42. The molecule has 2 aliphatic rings. The van der Waals surface area contributed by atoms with Crippen molar-refractivity contribution in [2.75, 3.05) is 11.9 Å². The van der Waals surface area contributed by atoms with Crippen LogP contribution in [0.5, 0.6) is 0 Å². The Balaban J connectivity index is 1.69. The average molecular weight is 281 g/mol. The van der Waals surface area contributed by atoms with E-state index in [2.05, 4.69) is 33.1 Å². The van der Waals surface area contributed by atoms with Gasteiger partial charge in [-0.3, -0.25) is 0 Å². The first-order valence-electron chi connectivity index (χ1n) is 8.28. The van der Waals surface area contributed by atoms with E-state index in [1.807, 2.05) is 12.5 Å². The summed E-state index contributed by atoms with van der Waals surface area (Å²) in [5.74, 6) is 0.838. The second-order valence-corrected chi connectivity index (χ2v) is 6.45. The molecule has 110 valence electrons. The van der Waals surface area contributed by atoms with Crippen LogP contribution in [0.25, 0.3) is 11.3 Å². The summed E-state index contributed by atoms with van der Waals surface area (Å²) >= 11 is 0. The largest absolute Gasteiger partial charge is 0.384 e. The number of rotatable bonds is 3. The zero-order valence-electron chi connectivity index (χ0n) is 12.5. The van der Waals surface area contributed by atoms with Crippen molar-refractivity contribution in [2.45, 2.75) is 45.1 Å².